The predicted molar refractivity (Wildman–Crippen MR) is 134 cm³/mol. The zero-order chi connectivity index (χ0) is 25.1. The molecule has 3 fully saturated rings. The highest BCUT2D eigenvalue weighted by Crippen LogP contribution is 2.27. The molecule has 36 heavy (non-hydrogen) atoms. The van der Waals surface area contributed by atoms with Crippen LogP contribution in [0.25, 0.3) is 0 Å². The van der Waals surface area contributed by atoms with Crippen molar-refractivity contribution in [2.24, 2.45) is 0 Å². The molecule has 1 N–H and O–H groups in total. The van der Waals surface area contributed by atoms with Crippen LogP contribution in [0.3, 0.4) is 0 Å². The summed E-state index contributed by atoms with van der Waals surface area (Å²) in [5.74, 6) is 0.383. The number of amides is 3. The number of nitrogens with zero attached hydrogens (tertiary/aromatic N) is 3. The molecule has 3 atom stereocenters. The maximum Gasteiger partial charge on any atom is 0.258 e. The average molecular weight is 499 g/mol. The van der Waals surface area contributed by atoms with E-state index >= 15 is 0 Å². The standard InChI is InChI=1S/C27H38N4O5/c1-19(32)29-12-9-20(10-13-29)30-14-15-31-24(18-30)26(33)28-17-22-6-4-5-21(36-22)11-16-35-25-8-3-2-7-23(25)27(31)34/h2-3,7-8,20-22,24H,4-6,9-18H2,1H3,(H,28,33)/t21-,22-,24-/m0/s1. The Labute approximate surface area is 213 Å². The van der Waals surface area contributed by atoms with E-state index in [0.29, 0.717) is 50.1 Å². The van der Waals surface area contributed by atoms with Crippen molar-refractivity contribution >= 4 is 17.7 Å². The fraction of sp³-hybridized carbons (Fsp3) is 0.667. The molecule has 9 heteroatoms. The number of para-hydroxylation sites is 1. The summed E-state index contributed by atoms with van der Waals surface area (Å²) >= 11 is 0. The minimum Gasteiger partial charge on any atom is -0.493 e. The van der Waals surface area contributed by atoms with Crippen LogP contribution in [0.5, 0.6) is 5.75 Å². The van der Waals surface area contributed by atoms with Gasteiger partial charge in [-0.05, 0) is 44.2 Å². The van der Waals surface area contributed by atoms with Crippen LogP contribution in [0.15, 0.2) is 24.3 Å². The molecule has 3 amide bonds. The summed E-state index contributed by atoms with van der Waals surface area (Å²) in [5.41, 5.74) is 0.498. The Kier molecular flexibility index (Phi) is 7.76. The van der Waals surface area contributed by atoms with Gasteiger partial charge in [-0.25, -0.2) is 0 Å². The first kappa shape index (κ1) is 25.0. The van der Waals surface area contributed by atoms with Crippen LogP contribution in [-0.2, 0) is 14.3 Å². The lowest BCUT2D eigenvalue weighted by Gasteiger charge is -2.46. The number of ether oxygens (including phenoxy) is 2. The fourth-order valence-corrected chi connectivity index (χ4v) is 6.05. The van der Waals surface area contributed by atoms with Crippen LogP contribution in [0.2, 0.25) is 0 Å². The number of carbonyl (C=O) groups is 3. The molecule has 2 bridgehead atoms. The van der Waals surface area contributed by atoms with E-state index in [1.54, 1.807) is 17.9 Å². The normalized spacial score (nSPS) is 28.9. The van der Waals surface area contributed by atoms with Crippen molar-refractivity contribution in [3.63, 3.8) is 0 Å². The molecule has 9 nitrogen and oxygen atoms in total. The van der Waals surface area contributed by atoms with E-state index in [2.05, 4.69) is 10.2 Å². The molecule has 0 radical (unpaired) electrons. The molecule has 5 rings (SSSR count). The second-order valence-corrected chi connectivity index (χ2v) is 10.4. The third-order valence-corrected chi connectivity index (χ3v) is 8.16. The first-order chi connectivity index (χ1) is 17.5. The lowest BCUT2D eigenvalue weighted by atomic mass is 9.99. The number of fused-ring (bicyclic) bond motifs is 4. The highest BCUT2D eigenvalue weighted by Gasteiger charge is 2.39. The minimum atomic E-state index is -0.590. The summed E-state index contributed by atoms with van der Waals surface area (Å²) < 4.78 is 12.3. The number of rotatable bonds is 1. The number of piperazine rings is 1. The Morgan fingerprint density at radius 2 is 1.75 bits per heavy atom. The molecule has 0 saturated carbocycles. The Bertz CT molecular complexity index is 963. The lowest BCUT2D eigenvalue weighted by molar-refractivity contribution is -0.131. The SMILES string of the molecule is CC(=O)N1CCC(N2CCN3C(=O)c4ccccc4OCC[C@@H]4CCC[C@@H](CNC(=O)[C@@H]3C2)O4)CC1. The summed E-state index contributed by atoms with van der Waals surface area (Å²) in [7, 11) is 0. The molecule has 196 valence electrons. The number of benzene rings is 1. The molecule has 0 aliphatic carbocycles. The van der Waals surface area contributed by atoms with Gasteiger partial charge in [0.15, 0.2) is 0 Å². The van der Waals surface area contributed by atoms with Crippen molar-refractivity contribution in [2.45, 2.75) is 69.7 Å². The topological polar surface area (TPSA) is 91.4 Å². The van der Waals surface area contributed by atoms with Crippen molar-refractivity contribution in [1.29, 1.82) is 0 Å². The molecular weight excluding hydrogens is 460 g/mol. The molecular formula is C27H38N4O5. The van der Waals surface area contributed by atoms with Gasteiger partial charge in [0.2, 0.25) is 11.8 Å². The number of likely N-dealkylation sites (tertiary alicyclic amines) is 1. The van der Waals surface area contributed by atoms with Crippen LogP contribution in [-0.4, -0.2) is 103 Å². The Morgan fingerprint density at radius 1 is 0.972 bits per heavy atom. The Morgan fingerprint density at radius 3 is 2.56 bits per heavy atom. The summed E-state index contributed by atoms with van der Waals surface area (Å²) in [6.45, 7) is 5.70. The highest BCUT2D eigenvalue weighted by atomic mass is 16.5. The van der Waals surface area contributed by atoms with E-state index in [-0.39, 0.29) is 29.9 Å². The summed E-state index contributed by atoms with van der Waals surface area (Å²) in [4.78, 5) is 45.0. The van der Waals surface area contributed by atoms with Gasteiger partial charge in [0.1, 0.15) is 11.8 Å². The molecule has 0 aromatic heterocycles. The highest BCUT2D eigenvalue weighted by molar-refractivity contribution is 6.00. The molecule has 4 aliphatic rings. The van der Waals surface area contributed by atoms with Crippen LogP contribution < -0.4 is 10.1 Å². The molecule has 1 aromatic carbocycles. The van der Waals surface area contributed by atoms with Gasteiger partial charge in [0.25, 0.3) is 5.91 Å². The van der Waals surface area contributed by atoms with Gasteiger partial charge < -0.3 is 24.6 Å². The lowest BCUT2D eigenvalue weighted by Crippen LogP contribution is -2.63. The van der Waals surface area contributed by atoms with E-state index in [1.165, 1.54) is 0 Å². The molecule has 1 aromatic rings. The minimum absolute atomic E-state index is 0.0114. The smallest absolute Gasteiger partial charge is 0.258 e. The van der Waals surface area contributed by atoms with Crippen molar-refractivity contribution < 1.29 is 23.9 Å². The zero-order valence-electron chi connectivity index (χ0n) is 21.2. The van der Waals surface area contributed by atoms with Crippen LogP contribution in [0.1, 0.15) is 55.8 Å². The van der Waals surface area contributed by atoms with E-state index < -0.39 is 6.04 Å². The van der Waals surface area contributed by atoms with Gasteiger partial charge in [0, 0.05) is 58.7 Å². The van der Waals surface area contributed by atoms with Gasteiger partial charge in [-0.15, -0.1) is 0 Å². The largest absolute Gasteiger partial charge is 0.493 e. The average Bonchev–Trinajstić information content (AvgIpc) is 2.91. The summed E-state index contributed by atoms with van der Waals surface area (Å²) in [6.07, 6.45) is 5.61. The van der Waals surface area contributed by atoms with Crippen LogP contribution in [0.4, 0.5) is 0 Å². The third-order valence-electron chi connectivity index (χ3n) is 8.16. The van der Waals surface area contributed by atoms with Crippen molar-refractivity contribution in [3.05, 3.63) is 29.8 Å². The third kappa shape index (κ3) is 5.52. The first-order valence-electron chi connectivity index (χ1n) is 13.4. The van der Waals surface area contributed by atoms with Gasteiger partial charge in [-0.1, -0.05) is 12.1 Å². The number of piperidine rings is 1. The molecule has 0 unspecified atom stereocenters. The quantitative estimate of drug-likeness (QED) is 0.633. The van der Waals surface area contributed by atoms with Crippen molar-refractivity contribution in [1.82, 2.24) is 20.0 Å². The summed E-state index contributed by atoms with van der Waals surface area (Å²) in [5, 5.41) is 3.11. The van der Waals surface area contributed by atoms with E-state index in [1.807, 2.05) is 23.1 Å². The molecule has 4 heterocycles. The maximum absolute atomic E-state index is 13.8. The molecule has 3 saturated heterocycles. The maximum atomic E-state index is 13.8. The van der Waals surface area contributed by atoms with E-state index in [9.17, 15) is 14.4 Å². The number of hydrogen-bond acceptors (Lipinski definition) is 6. The number of hydrogen-bond donors (Lipinski definition) is 1. The van der Waals surface area contributed by atoms with Gasteiger partial charge in [-0.3, -0.25) is 19.3 Å². The van der Waals surface area contributed by atoms with Crippen LogP contribution in [0, 0.1) is 0 Å². The zero-order valence-corrected chi connectivity index (χ0v) is 21.2. The van der Waals surface area contributed by atoms with Gasteiger partial charge >= 0.3 is 0 Å². The Hall–Kier alpha value is -2.65. The molecule has 0 spiro atoms. The second kappa shape index (κ2) is 11.2. The van der Waals surface area contributed by atoms with Crippen LogP contribution >= 0.6 is 0 Å². The first-order valence-corrected chi connectivity index (χ1v) is 13.4. The van der Waals surface area contributed by atoms with Crippen molar-refractivity contribution in [2.75, 3.05) is 45.9 Å². The number of carbonyl (C=O) groups excluding carboxylic acids is 3. The summed E-state index contributed by atoms with van der Waals surface area (Å²) in [6, 6.07) is 7.04. The second-order valence-electron chi connectivity index (χ2n) is 10.4. The number of nitrogens with one attached hydrogen (secondary N) is 1. The monoisotopic (exact) mass is 498 g/mol. The Balaban J connectivity index is 1.37. The molecule has 4 aliphatic heterocycles. The van der Waals surface area contributed by atoms with Gasteiger partial charge in [0.05, 0.1) is 24.4 Å². The predicted octanol–water partition coefficient (Wildman–Crippen LogP) is 1.66. The van der Waals surface area contributed by atoms with E-state index in [0.717, 1.165) is 51.6 Å². The van der Waals surface area contributed by atoms with E-state index in [4.69, 9.17) is 9.47 Å². The van der Waals surface area contributed by atoms with Gasteiger partial charge in [-0.2, -0.15) is 0 Å². The van der Waals surface area contributed by atoms with Crippen molar-refractivity contribution in [3.8, 4) is 5.75 Å². The fourth-order valence-electron chi connectivity index (χ4n) is 6.05.